The number of benzene rings is 1. The molecule has 1 aromatic rings. The van der Waals surface area contributed by atoms with Gasteiger partial charge in [-0.05, 0) is 26.0 Å². The van der Waals surface area contributed by atoms with Gasteiger partial charge in [-0.2, -0.15) is 0 Å². The highest BCUT2D eigenvalue weighted by Crippen LogP contribution is 2.37. The van der Waals surface area contributed by atoms with E-state index in [1.165, 1.54) is 6.07 Å². The van der Waals surface area contributed by atoms with Crippen molar-refractivity contribution in [2.24, 2.45) is 0 Å². The highest BCUT2D eigenvalue weighted by molar-refractivity contribution is 5.80. The molecular formula is C16H21N3O5. The lowest BCUT2D eigenvalue weighted by Crippen LogP contribution is -2.47. The molecule has 24 heavy (non-hydrogen) atoms. The van der Waals surface area contributed by atoms with Crippen LogP contribution >= 0.6 is 0 Å². The number of ether oxygens (including phenoxy) is 2. The molecule has 2 aliphatic heterocycles. The zero-order valence-electron chi connectivity index (χ0n) is 13.6. The monoisotopic (exact) mass is 335 g/mol. The minimum atomic E-state index is -0.479. The number of fused-ring (bicyclic) bond motifs is 1. The number of nitro groups is 1. The second kappa shape index (κ2) is 7.04. The van der Waals surface area contributed by atoms with Crippen LogP contribution in [0.5, 0.6) is 11.5 Å². The summed E-state index contributed by atoms with van der Waals surface area (Å²) < 4.78 is 10.9. The molecule has 1 saturated heterocycles. The van der Waals surface area contributed by atoms with Gasteiger partial charge in [-0.15, -0.1) is 0 Å². The molecule has 1 amide bonds. The standard InChI is InChI=1S/C16H21N3O5/c1-17-12-3-2-4-18(10-12)16(20)8-11-7-14-15(24-6-5-23-14)9-13(11)19(21)22/h7,9,12,17H,2-6,8,10H2,1H3. The summed E-state index contributed by atoms with van der Waals surface area (Å²) in [5.74, 6) is 0.716. The smallest absolute Gasteiger partial charge is 0.277 e. The highest BCUT2D eigenvalue weighted by Gasteiger charge is 2.27. The lowest BCUT2D eigenvalue weighted by atomic mass is 10.0. The van der Waals surface area contributed by atoms with E-state index in [9.17, 15) is 14.9 Å². The predicted octanol–water partition coefficient (Wildman–Crippen LogP) is 1.12. The van der Waals surface area contributed by atoms with Crippen molar-refractivity contribution in [2.45, 2.75) is 25.3 Å². The van der Waals surface area contributed by atoms with Crippen LogP contribution in [0, 0.1) is 10.1 Å². The molecule has 130 valence electrons. The summed E-state index contributed by atoms with van der Waals surface area (Å²) in [7, 11) is 1.88. The third-order valence-corrected chi connectivity index (χ3v) is 4.46. The normalized spacial score (nSPS) is 19.9. The first-order valence-electron chi connectivity index (χ1n) is 8.10. The van der Waals surface area contributed by atoms with Crippen LogP contribution in [0.1, 0.15) is 18.4 Å². The highest BCUT2D eigenvalue weighted by atomic mass is 16.6. The summed E-state index contributed by atoms with van der Waals surface area (Å²) >= 11 is 0. The van der Waals surface area contributed by atoms with Gasteiger partial charge in [0.15, 0.2) is 11.5 Å². The summed E-state index contributed by atoms with van der Waals surface area (Å²) in [4.78, 5) is 25.2. The third kappa shape index (κ3) is 3.43. The molecular weight excluding hydrogens is 314 g/mol. The largest absolute Gasteiger partial charge is 0.486 e. The average Bonchev–Trinajstić information content (AvgIpc) is 2.61. The molecule has 8 nitrogen and oxygen atoms in total. The Labute approximate surface area is 139 Å². The zero-order valence-corrected chi connectivity index (χ0v) is 13.6. The molecule has 0 aliphatic carbocycles. The van der Waals surface area contributed by atoms with Gasteiger partial charge < -0.3 is 19.7 Å². The number of likely N-dealkylation sites (tertiary alicyclic amines) is 1. The van der Waals surface area contributed by atoms with Crippen molar-refractivity contribution in [1.82, 2.24) is 10.2 Å². The number of carbonyl (C=O) groups is 1. The van der Waals surface area contributed by atoms with E-state index in [4.69, 9.17) is 9.47 Å². The molecule has 0 saturated carbocycles. The molecule has 0 radical (unpaired) electrons. The maximum absolute atomic E-state index is 12.6. The first-order chi connectivity index (χ1) is 11.6. The Kier molecular flexibility index (Phi) is 4.84. The molecule has 1 N–H and O–H groups in total. The number of carbonyl (C=O) groups excluding carboxylic acids is 1. The van der Waals surface area contributed by atoms with Gasteiger partial charge in [-0.1, -0.05) is 0 Å². The van der Waals surface area contributed by atoms with Crippen molar-refractivity contribution in [2.75, 3.05) is 33.4 Å². The fraction of sp³-hybridized carbons (Fsp3) is 0.562. The van der Waals surface area contributed by atoms with E-state index in [0.29, 0.717) is 43.4 Å². The Bertz CT molecular complexity index is 649. The van der Waals surface area contributed by atoms with E-state index in [2.05, 4.69) is 5.32 Å². The van der Waals surface area contributed by atoms with Crippen LogP contribution in [0.4, 0.5) is 5.69 Å². The third-order valence-electron chi connectivity index (χ3n) is 4.46. The van der Waals surface area contributed by atoms with Crippen molar-refractivity contribution < 1.29 is 19.2 Å². The first-order valence-corrected chi connectivity index (χ1v) is 8.10. The minimum Gasteiger partial charge on any atom is -0.486 e. The summed E-state index contributed by atoms with van der Waals surface area (Å²) in [6, 6.07) is 3.19. The van der Waals surface area contributed by atoms with Crippen LogP contribution in [-0.2, 0) is 11.2 Å². The topological polar surface area (TPSA) is 93.9 Å². The molecule has 2 heterocycles. The van der Waals surface area contributed by atoms with E-state index in [1.807, 2.05) is 7.05 Å². The number of nitrogens with zero attached hydrogens (tertiary/aromatic N) is 2. The van der Waals surface area contributed by atoms with E-state index in [-0.39, 0.29) is 24.1 Å². The summed E-state index contributed by atoms with van der Waals surface area (Å²) in [6.07, 6.45) is 1.95. The summed E-state index contributed by atoms with van der Waals surface area (Å²) in [6.45, 7) is 2.08. The maximum Gasteiger partial charge on any atom is 0.277 e. The van der Waals surface area contributed by atoms with Crippen molar-refractivity contribution in [3.05, 3.63) is 27.8 Å². The Morgan fingerprint density at radius 3 is 2.75 bits per heavy atom. The Balaban J connectivity index is 1.80. The zero-order chi connectivity index (χ0) is 17.1. The quantitative estimate of drug-likeness (QED) is 0.654. The van der Waals surface area contributed by atoms with Gasteiger partial charge in [0.2, 0.25) is 5.91 Å². The van der Waals surface area contributed by atoms with Crippen LogP contribution in [0.15, 0.2) is 12.1 Å². The van der Waals surface area contributed by atoms with Gasteiger partial charge in [0.05, 0.1) is 17.4 Å². The lowest BCUT2D eigenvalue weighted by Gasteiger charge is -2.32. The molecule has 0 spiro atoms. The van der Waals surface area contributed by atoms with Gasteiger partial charge in [0.1, 0.15) is 13.2 Å². The Morgan fingerprint density at radius 1 is 1.38 bits per heavy atom. The van der Waals surface area contributed by atoms with Crippen LogP contribution < -0.4 is 14.8 Å². The van der Waals surface area contributed by atoms with Gasteiger partial charge >= 0.3 is 0 Å². The number of nitro benzene ring substituents is 1. The molecule has 0 bridgehead atoms. The summed E-state index contributed by atoms with van der Waals surface area (Å²) in [5.41, 5.74) is 0.260. The number of rotatable bonds is 4. The number of hydrogen-bond acceptors (Lipinski definition) is 6. The first kappa shape index (κ1) is 16.5. The van der Waals surface area contributed by atoms with E-state index >= 15 is 0 Å². The van der Waals surface area contributed by atoms with E-state index in [1.54, 1.807) is 11.0 Å². The number of piperidine rings is 1. The van der Waals surface area contributed by atoms with Crippen LogP contribution in [0.25, 0.3) is 0 Å². The lowest BCUT2D eigenvalue weighted by molar-refractivity contribution is -0.385. The second-order valence-electron chi connectivity index (χ2n) is 6.03. The van der Waals surface area contributed by atoms with Gasteiger partial charge in [-0.3, -0.25) is 14.9 Å². The number of amides is 1. The Morgan fingerprint density at radius 2 is 2.08 bits per heavy atom. The van der Waals surface area contributed by atoms with Crippen molar-refractivity contribution in [3.8, 4) is 11.5 Å². The van der Waals surface area contributed by atoms with Gasteiger partial charge in [0, 0.05) is 24.7 Å². The van der Waals surface area contributed by atoms with E-state index in [0.717, 1.165) is 12.8 Å². The average molecular weight is 335 g/mol. The number of nitrogens with one attached hydrogen (secondary N) is 1. The second-order valence-corrected chi connectivity index (χ2v) is 6.03. The SMILES string of the molecule is CNC1CCCN(C(=O)Cc2cc3c(cc2[N+](=O)[O-])OCCO3)C1. The minimum absolute atomic E-state index is 0.0105. The Hall–Kier alpha value is -2.35. The molecule has 1 atom stereocenters. The van der Waals surface area contributed by atoms with E-state index < -0.39 is 4.92 Å². The van der Waals surface area contributed by atoms with Gasteiger partial charge in [0.25, 0.3) is 5.69 Å². The fourth-order valence-electron chi connectivity index (χ4n) is 3.15. The molecule has 8 heteroatoms. The number of hydrogen-bond donors (Lipinski definition) is 1. The number of likely N-dealkylation sites (N-methyl/N-ethyl adjacent to an activating group) is 1. The molecule has 2 aliphatic rings. The maximum atomic E-state index is 12.6. The van der Waals surface area contributed by atoms with Crippen LogP contribution in [0.3, 0.4) is 0 Å². The fourth-order valence-corrected chi connectivity index (χ4v) is 3.15. The molecule has 1 unspecified atom stereocenters. The molecule has 3 rings (SSSR count). The van der Waals surface area contributed by atoms with Crippen molar-refractivity contribution >= 4 is 11.6 Å². The predicted molar refractivity (Wildman–Crippen MR) is 86.5 cm³/mol. The molecule has 1 aromatic carbocycles. The molecule has 1 fully saturated rings. The van der Waals surface area contributed by atoms with Crippen molar-refractivity contribution in [3.63, 3.8) is 0 Å². The van der Waals surface area contributed by atoms with Gasteiger partial charge in [-0.25, -0.2) is 0 Å². The van der Waals surface area contributed by atoms with Crippen LogP contribution in [-0.4, -0.2) is 55.1 Å². The van der Waals surface area contributed by atoms with Crippen LogP contribution in [0.2, 0.25) is 0 Å². The summed E-state index contributed by atoms with van der Waals surface area (Å²) in [5, 5.41) is 14.5. The van der Waals surface area contributed by atoms with Crippen molar-refractivity contribution in [1.29, 1.82) is 0 Å². The molecule has 0 aromatic heterocycles.